The Bertz CT molecular complexity index is 1090. The molecule has 0 atom stereocenters. The summed E-state index contributed by atoms with van der Waals surface area (Å²) in [5, 5.41) is 0. The van der Waals surface area contributed by atoms with Crippen molar-refractivity contribution < 1.29 is 18.7 Å². The standard InChI is InChI=1S/C24H23BrN2O4/c1-2-30-24(29)16-10-12-27(13-11-16)23(28)20-9-4-3-8-19(20)22-26-15-21(31-22)17-6-5-7-18(25)14-17/h3-9,14-16H,2,10-13H2,1H3. The molecule has 6 nitrogen and oxygen atoms in total. The van der Waals surface area contributed by atoms with E-state index in [1.54, 1.807) is 24.1 Å². The largest absolute Gasteiger partial charge is 0.466 e. The van der Waals surface area contributed by atoms with E-state index in [9.17, 15) is 9.59 Å². The predicted octanol–water partition coefficient (Wildman–Crippen LogP) is 5.19. The van der Waals surface area contributed by atoms with E-state index in [1.807, 2.05) is 42.5 Å². The van der Waals surface area contributed by atoms with E-state index < -0.39 is 0 Å². The Morgan fingerprint density at radius 2 is 1.94 bits per heavy atom. The molecule has 2 heterocycles. The number of carbonyl (C=O) groups is 2. The monoisotopic (exact) mass is 482 g/mol. The summed E-state index contributed by atoms with van der Waals surface area (Å²) in [4.78, 5) is 31.4. The number of rotatable bonds is 5. The number of carbonyl (C=O) groups excluding carboxylic acids is 2. The van der Waals surface area contributed by atoms with E-state index in [4.69, 9.17) is 9.15 Å². The van der Waals surface area contributed by atoms with E-state index in [0.29, 0.717) is 55.3 Å². The van der Waals surface area contributed by atoms with Crippen molar-refractivity contribution in [3.63, 3.8) is 0 Å². The highest BCUT2D eigenvalue weighted by Crippen LogP contribution is 2.30. The Kier molecular flexibility index (Phi) is 6.51. The molecule has 0 aliphatic carbocycles. The molecule has 31 heavy (non-hydrogen) atoms. The zero-order valence-corrected chi connectivity index (χ0v) is 18.8. The third-order valence-electron chi connectivity index (χ3n) is 5.40. The van der Waals surface area contributed by atoms with Crippen molar-refractivity contribution in [2.24, 2.45) is 5.92 Å². The Morgan fingerprint density at radius 3 is 2.68 bits per heavy atom. The smallest absolute Gasteiger partial charge is 0.309 e. The fourth-order valence-electron chi connectivity index (χ4n) is 3.78. The number of aromatic nitrogens is 1. The van der Waals surface area contributed by atoms with Gasteiger partial charge in [0.2, 0.25) is 5.89 Å². The van der Waals surface area contributed by atoms with Crippen LogP contribution in [0.3, 0.4) is 0 Å². The molecule has 0 N–H and O–H groups in total. The van der Waals surface area contributed by atoms with Gasteiger partial charge in [-0.1, -0.05) is 40.2 Å². The lowest BCUT2D eigenvalue weighted by Gasteiger charge is -2.31. The maximum Gasteiger partial charge on any atom is 0.309 e. The van der Waals surface area contributed by atoms with Crippen molar-refractivity contribution in [3.8, 4) is 22.8 Å². The average Bonchev–Trinajstić information content (AvgIpc) is 3.29. The zero-order valence-electron chi connectivity index (χ0n) is 17.2. The Labute approximate surface area is 189 Å². The number of oxazole rings is 1. The molecule has 7 heteroatoms. The van der Waals surface area contributed by atoms with Crippen LogP contribution in [0.5, 0.6) is 0 Å². The average molecular weight is 483 g/mol. The molecule has 2 aromatic carbocycles. The Balaban J connectivity index is 1.53. The van der Waals surface area contributed by atoms with Gasteiger partial charge >= 0.3 is 5.97 Å². The van der Waals surface area contributed by atoms with Crippen LogP contribution in [0.25, 0.3) is 22.8 Å². The van der Waals surface area contributed by atoms with E-state index in [1.165, 1.54) is 0 Å². The summed E-state index contributed by atoms with van der Waals surface area (Å²) in [6.45, 7) is 3.22. The highest BCUT2D eigenvalue weighted by molar-refractivity contribution is 9.10. The molecule has 0 radical (unpaired) electrons. The van der Waals surface area contributed by atoms with Gasteiger partial charge in [-0.3, -0.25) is 9.59 Å². The van der Waals surface area contributed by atoms with E-state index in [-0.39, 0.29) is 17.8 Å². The molecule has 1 aromatic heterocycles. The number of ether oxygens (including phenoxy) is 1. The van der Waals surface area contributed by atoms with Gasteiger partial charge in [0.15, 0.2) is 5.76 Å². The van der Waals surface area contributed by atoms with Crippen LogP contribution in [0.4, 0.5) is 0 Å². The SMILES string of the molecule is CCOC(=O)C1CCN(C(=O)c2ccccc2-c2ncc(-c3cccc(Br)c3)o2)CC1. The topological polar surface area (TPSA) is 72.6 Å². The van der Waals surface area contributed by atoms with E-state index in [0.717, 1.165) is 10.0 Å². The minimum absolute atomic E-state index is 0.0832. The van der Waals surface area contributed by atoms with Gasteiger partial charge in [0, 0.05) is 28.7 Å². The van der Waals surface area contributed by atoms with E-state index >= 15 is 0 Å². The number of halogens is 1. The lowest BCUT2D eigenvalue weighted by atomic mass is 9.96. The molecule has 1 amide bonds. The van der Waals surface area contributed by atoms with Crippen molar-refractivity contribution >= 4 is 27.8 Å². The van der Waals surface area contributed by atoms with Gasteiger partial charge < -0.3 is 14.1 Å². The minimum atomic E-state index is -0.171. The maximum absolute atomic E-state index is 13.3. The van der Waals surface area contributed by atoms with Gasteiger partial charge in [-0.15, -0.1) is 0 Å². The number of nitrogens with zero attached hydrogens (tertiary/aromatic N) is 2. The fourth-order valence-corrected chi connectivity index (χ4v) is 4.18. The summed E-state index contributed by atoms with van der Waals surface area (Å²) < 4.78 is 12.1. The summed E-state index contributed by atoms with van der Waals surface area (Å²) in [6.07, 6.45) is 2.89. The second kappa shape index (κ2) is 9.47. The lowest BCUT2D eigenvalue weighted by Crippen LogP contribution is -2.40. The second-order valence-corrected chi connectivity index (χ2v) is 8.32. The first-order chi connectivity index (χ1) is 15.1. The maximum atomic E-state index is 13.3. The summed E-state index contributed by atoms with van der Waals surface area (Å²) in [6, 6.07) is 15.1. The molecule has 3 aromatic rings. The molecule has 1 fully saturated rings. The number of amides is 1. The molecule has 4 rings (SSSR count). The highest BCUT2D eigenvalue weighted by atomic mass is 79.9. The second-order valence-electron chi connectivity index (χ2n) is 7.40. The lowest BCUT2D eigenvalue weighted by molar-refractivity contribution is -0.149. The molecule has 0 unspecified atom stereocenters. The first-order valence-electron chi connectivity index (χ1n) is 10.3. The zero-order chi connectivity index (χ0) is 21.8. The van der Waals surface area contributed by atoms with Crippen molar-refractivity contribution in [3.05, 3.63) is 64.8 Å². The van der Waals surface area contributed by atoms with Crippen LogP contribution in [0.15, 0.2) is 63.6 Å². The first kappa shape index (κ1) is 21.3. The Hall–Kier alpha value is -2.93. The quantitative estimate of drug-likeness (QED) is 0.468. The first-order valence-corrected chi connectivity index (χ1v) is 11.1. The van der Waals surface area contributed by atoms with Gasteiger partial charge in [0.1, 0.15) is 0 Å². The highest BCUT2D eigenvalue weighted by Gasteiger charge is 2.30. The molecule has 160 valence electrons. The molecule has 0 spiro atoms. The van der Waals surface area contributed by atoms with Crippen LogP contribution in [0.1, 0.15) is 30.1 Å². The van der Waals surface area contributed by atoms with Gasteiger partial charge in [-0.05, 0) is 44.0 Å². The molecule has 0 bridgehead atoms. The van der Waals surface area contributed by atoms with Crippen LogP contribution in [0, 0.1) is 5.92 Å². The summed E-state index contributed by atoms with van der Waals surface area (Å²) in [7, 11) is 0. The van der Waals surface area contributed by atoms with Gasteiger partial charge in [-0.2, -0.15) is 0 Å². The van der Waals surface area contributed by atoms with Crippen molar-refractivity contribution in [1.82, 2.24) is 9.88 Å². The molecule has 1 aliphatic heterocycles. The van der Waals surface area contributed by atoms with Crippen LogP contribution < -0.4 is 0 Å². The molecule has 0 saturated carbocycles. The molecule has 1 saturated heterocycles. The molecular weight excluding hydrogens is 460 g/mol. The molecular formula is C24H23BrN2O4. The number of hydrogen-bond donors (Lipinski definition) is 0. The number of likely N-dealkylation sites (tertiary alicyclic amines) is 1. The van der Waals surface area contributed by atoms with Gasteiger partial charge in [0.25, 0.3) is 5.91 Å². The van der Waals surface area contributed by atoms with Crippen LogP contribution >= 0.6 is 15.9 Å². The summed E-state index contributed by atoms with van der Waals surface area (Å²) >= 11 is 3.47. The van der Waals surface area contributed by atoms with Crippen LogP contribution in [-0.2, 0) is 9.53 Å². The number of piperidine rings is 1. The number of benzene rings is 2. The predicted molar refractivity (Wildman–Crippen MR) is 120 cm³/mol. The third kappa shape index (κ3) is 4.71. The normalized spacial score (nSPS) is 14.5. The van der Waals surface area contributed by atoms with Crippen molar-refractivity contribution in [2.75, 3.05) is 19.7 Å². The van der Waals surface area contributed by atoms with Crippen LogP contribution in [-0.4, -0.2) is 41.5 Å². The fraction of sp³-hybridized carbons (Fsp3) is 0.292. The summed E-state index contributed by atoms with van der Waals surface area (Å²) in [5.41, 5.74) is 2.10. The molecule has 1 aliphatic rings. The van der Waals surface area contributed by atoms with Gasteiger partial charge in [0.05, 0.1) is 24.3 Å². The Morgan fingerprint density at radius 1 is 1.16 bits per heavy atom. The van der Waals surface area contributed by atoms with Crippen LogP contribution in [0.2, 0.25) is 0 Å². The third-order valence-corrected chi connectivity index (χ3v) is 5.90. The van der Waals surface area contributed by atoms with E-state index in [2.05, 4.69) is 20.9 Å². The number of hydrogen-bond acceptors (Lipinski definition) is 5. The van der Waals surface area contributed by atoms with Crippen molar-refractivity contribution in [2.45, 2.75) is 19.8 Å². The number of esters is 1. The summed E-state index contributed by atoms with van der Waals surface area (Å²) in [5.74, 6) is 0.642. The van der Waals surface area contributed by atoms with Crippen molar-refractivity contribution in [1.29, 1.82) is 0 Å². The minimum Gasteiger partial charge on any atom is -0.466 e. The van der Waals surface area contributed by atoms with Gasteiger partial charge in [-0.25, -0.2) is 4.98 Å².